The van der Waals surface area contributed by atoms with Gasteiger partial charge in [0.05, 0.1) is 4.90 Å². The van der Waals surface area contributed by atoms with Gasteiger partial charge in [0.1, 0.15) is 0 Å². The molecule has 7 heteroatoms. The van der Waals surface area contributed by atoms with E-state index in [9.17, 15) is 8.42 Å². The van der Waals surface area contributed by atoms with Crippen molar-refractivity contribution in [2.45, 2.75) is 31.6 Å². The maximum Gasteiger partial charge on any atom is 0.240 e. The van der Waals surface area contributed by atoms with Crippen LogP contribution >= 0.6 is 11.6 Å². The summed E-state index contributed by atoms with van der Waals surface area (Å²) in [6.45, 7) is 3.99. The number of rotatable bonds is 7. The molecule has 0 heterocycles. The second-order valence-electron chi connectivity index (χ2n) is 4.95. The molecule has 5 nitrogen and oxygen atoms in total. The molecule has 0 spiro atoms. The van der Waals surface area contributed by atoms with Gasteiger partial charge in [-0.1, -0.05) is 18.5 Å². The second kappa shape index (κ2) is 7.26. The summed E-state index contributed by atoms with van der Waals surface area (Å²) in [5, 5.41) is 9.20. The van der Waals surface area contributed by atoms with Crippen molar-refractivity contribution in [3.05, 3.63) is 22.7 Å². The third-order valence-corrected chi connectivity index (χ3v) is 4.94. The predicted molar refractivity (Wildman–Crippen MR) is 81.3 cm³/mol. The Kier molecular flexibility index (Phi) is 6.26. The number of anilines is 1. The molecule has 1 aromatic carbocycles. The standard InChI is InChI=1S/C13H21ClN2O3S/c1-9(8-17)4-3-5-16-20(18,19)13-7-11(14)6-12(15)10(13)2/h6-7,9,16-17H,3-5,8,15H2,1-2H3. The number of nitrogen functional groups attached to an aromatic ring is 1. The van der Waals surface area contributed by atoms with Gasteiger partial charge in [-0.2, -0.15) is 0 Å². The summed E-state index contributed by atoms with van der Waals surface area (Å²) >= 11 is 5.85. The Hall–Kier alpha value is -0.820. The number of nitrogens with one attached hydrogen (secondary N) is 1. The van der Waals surface area contributed by atoms with Crippen molar-refractivity contribution in [3.8, 4) is 0 Å². The van der Waals surface area contributed by atoms with E-state index < -0.39 is 10.0 Å². The number of aliphatic hydroxyl groups excluding tert-OH is 1. The molecule has 0 saturated carbocycles. The third kappa shape index (κ3) is 4.63. The molecule has 20 heavy (non-hydrogen) atoms. The van der Waals surface area contributed by atoms with Crippen molar-refractivity contribution in [1.29, 1.82) is 0 Å². The van der Waals surface area contributed by atoms with E-state index in [4.69, 9.17) is 22.4 Å². The molecule has 0 aliphatic heterocycles. The number of hydrogen-bond donors (Lipinski definition) is 3. The van der Waals surface area contributed by atoms with E-state index in [1.165, 1.54) is 12.1 Å². The monoisotopic (exact) mass is 320 g/mol. The summed E-state index contributed by atoms with van der Waals surface area (Å²) in [4.78, 5) is 0.109. The van der Waals surface area contributed by atoms with E-state index in [0.717, 1.165) is 6.42 Å². The maximum absolute atomic E-state index is 12.2. The van der Waals surface area contributed by atoms with Crippen LogP contribution in [0.2, 0.25) is 5.02 Å². The average molecular weight is 321 g/mol. The lowest BCUT2D eigenvalue weighted by Crippen LogP contribution is -2.26. The Morgan fingerprint density at radius 3 is 2.70 bits per heavy atom. The van der Waals surface area contributed by atoms with Crippen molar-refractivity contribution in [2.24, 2.45) is 5.92 Å². The van der Waals surface area contributed by atoms with E-state index in [2.05, 4.69) is 4.72 Å². The molecule has 0 radical (unpaired) electrons. The Morgan fingerprint density at radius 2 is 2.10 bits per heavy atom. The molecule has 114 valence electrons. The first-order valence-corrected chi connectivity index (χ1v) is 8.30. The highest BCUT2D eigenvalue weighted by Crippen LogP contribution is 2.25. The Bertz CT molecular complexity index is 561. The Balaban J connectivity index is 2.75. The highest BCUT2D eigenvalue weighted by Gasteiger charge is 2.18. The number of halogens is 1. The van der Waals surface area contributed by atoms with Gasteiger partial charge < -0.3 is 10.8 Å². The Labute approximate surface area is 125 Å². The lowest BCUT2D eigenvalue weighted by molar-refractivity contribution is 0.228. The highest BCUT2D eigenvalue weighted by molar-refractivity contribution is 7.89. The molecule has 0 amide bonds. The minimum Gasteiger partial charge on any atom is -0.398 e. The summed E-state index contributed by atoms with van der Waals surface area (Å²) < 4.78 is 26.9. The van der Waals surface area contributed by atoms with Crippen LogP contribution in [-0.2, 0) is 10.0 Å². The van der Waals surface area contributed by atoms with Gasteiger partial charge in [0.15, 0.2) is 0 Å². The van der Waals surface area contributed by atoms with Crippen molar-refractivity contribution < 1.29 is 13.5 Å². The van der Waals surface area contributed by atoms with Crippen LogP contribution in [0.5, 0.6) is 0 Å². The first-order valence-electron chi connectivity index (χ1n) is 6.44. The van der Waals surface area contributed by atoms with E-state index in [0.29, 0.717) is 29.2 Å². The lowest BCUT2D eigenvalue weighted by Gasteiger charge is -2.12. The van der Waals surface area contributed by atoms with Crippen LogP contribution in [0.15, 0.2) is 17.0 Å². The number of aliphatic hydroxyl groups is 1. The zero-order valence-electron chi connectivity index (χ0n) is 11.7. The van der Waals surface area contributed by atoms with Gasteiger partial charge in [-0.15, -0.1) is 0 Å². The molecule has 0 fully saturated rings. The van der Waals surface area contributed by atoms with E-state index in [1.807, 2.05) is 6.92 Å². The maximum atomic E-state index is 12.2. The first kappa shape index (κ1) is 17.2. The number of sulfonamides is 1. The molecule has 0 aliphatic rings. The van der Waals surface area contributed by atoms with Crippen LogP contribution in [0.4, 0.5) is 5.69 Å². The largest absolute Gasteiger partial charge is 0.398 e. The predicted octanol–water partition coefficient (Wildman–Crippen LogP) is 1.92. The summed E-state index contributed by atoms with van der Waals surface area (Å²) in [7, 11) is -3.62. The fourth-order valence-corrected chi connectivity index (χ4v) is 3.44. The molecule has 0 saturated heterocycles. The van der Waals surface area contributed by atoms with Gasteiger partial charge in [0, 0.05) is 23.9 Å². The van der Waals surface area contributed by atoms with Gasteiger partial charge in [0.2, 0.25) is 10.0 Å². The zero-order chi connectivity index (χ0) is 15.3. The van der Waals surface area contributed by atoms with Crippen LogP contribution in [0.1, 0.15) is 25.3 Å². The highest BCUT2D eigenvalue weighted by atomic mass is 35.5. The van der Waals surface area contributed by atoms with Crippen molar-refractivity contribution in [3.63, 3.8) is 0 Å². The van der Waals surface area contributed by atoms with Crippen molar-refractivity contribution in [1.82, 2.24) is 4.72 Å². The molecule has 0 bridgehead atoms. The molecule has 4 N–H and O–H groups in total. The number of benzene rings is 1. The molecule has 1 unspecified atom stereocenters. The molecular formula is C13H21ClN2O3S. The molecular weight excluding hydrogens is 300 g/mol. The normalized spacial score (nSPS) is 13.4. The van der Waals surface area contributed by atoms with Crippen molar-refractivity contribution >= 4 is 27.3 Å². The second-order valence-corrected chi connectivity index (χ2v) is 7.12. The number of hydrogen-bond acceptors (Lipinski definition) is 4. The SMILES string of the molecule is Cc1c(N)cc(Cl)cc1S(=O)(=O)NCCCC(C)CO. The smallest absolute Gasteiger partial charge is 0.240 e. The summed E-state index contributed by atoms with van der Waals surface area (Å²) in [5.74, 6) is 0.169. The summed E-state index contributed by atoms with van der Waals surface area (Å²) in [5.41, 5.74) is 6.57. The van der Waals surface area contributed by atoms with Crippen molar-refractivity contribution in [2.75, 3.05) is 18.9 Å². The Morgan fingerprint density at radius 1 is 1.45 bits per heavy atom. The fourth-order valence-electron chi connectivity index (χ4n) is 1.78. The molecule has 0 aliphatic carbocycles. The topological polar surface area (TPSA) is 92.4 Å². The van der Waals surface area contributed by atoms with Crippen LogP contribution in [0, 0.1) is 12.8 Å². The van der Waals surface area contributed by atoms with Crippen LogP contribution in [-0.4, -0.2) is 26.7 Å². The molecule has 1 rings (SSSR count). The molecule has 0 aromatic heterocycles. The quantitative estimate of drug-likeness (QED) is 0.528. The average Bonchev–Trinajstić information content (AvgIpc) is 2.38. The van der Waals surface area contributed by atoms with Crippen LogP contribution in [0.3, 0.4) is 0 Å². The van der Waals surface area contributed by atoms with Gasteiger partial charge in [0.25, 0.3) is 0 Å². The minimum absolute atomic E-state index is 0.108. The minimum atomic E-state index is -3.62. The first-order chi connectivity index (χ1) is 9.27. The van der Waals surface area contributed by atoms with E-state index in [1.54, 1.807) is 6.92 Å². The fraction of sp³-hybridized carbons (Fsp3) is 0.538. The summed E-state index contributed by atoms with van der Waals surface area (Å²) in [6, 6.07) is 2.92. The molecule has 1 atom stereocenters. The van der Waals surface area contributed by atoms with Crippen LogP contribution in [0.25, 0.3) is 0 Å². The van der Waals surface area contributed by atoms with Gasteiger partial charge in [-0.3, -0.25) is 0 Å². The number of nitrogens with two attached hydrogens (primary N) is 1. The third-order valence-electron chi connectivity index (χ3n) is 3.13. The zero-order valence-corrected chi connectivity index (χ0v) is 13.3. The van der Waals surface area contributed by atoms with Gasteiger partial charge in [-0.25, -0.2) is 13.1 Å². The van der Waals surface area contributed by atoms with E-state index >= 15 is 0 Å². The van der Waals surface area contributed by atoms with Gasteiger partial charge >= 0.3 is 0 Å². The summed E-state index contributed by atoms with van der Waals surface area (Å²) in [6.07, 6.45) is 1.42. The molecule has 1 aromatic rings. The van der Waals surface area contributed by atoms with Crippen LogP contribution < -0.4 is 10.5 Å². The van der Waals surface area contributed by atoms with E-state index in [-0.39, 0.29) is 17.4 Å². The lowest BCUT2D eigenvalue weighted by atomic mass is 10.1. The van der Waals surface area contributed by atoms with Gasteiger partial charge in [-0.05, 0) is 43.4 Å².